The maximum Gasteiger partial charge on any atom is 0.264 e. The average Bonchev–Trinajstić information content (AvgIpc) is 2.82. The van der Waals surface area contributed by atoms with Gasteiger partial charge in [0, 0.05) is 20.1 Å². The zero-order valence-corrected chi connectivity index (χ0v) is 18.2. The van der Waals surface area contributed by atoms with Crippen LogP contribution in [0.4, 0.5) is 0 Å². The van der Waals surface area contributed by atoms with Gasteiger partial charge >= 0.3 is 0 Å². The molecule has 0 atom stereocenters. The smallest absolute Gasteiger partial charge is 0.264 e. The highest BCUT2D eigenvalue weighted by Gasteiger charge is 2.15. The maximum absolute atomic E-state index is 12.5. The lowest BCUT2D eigenvalue weighted by atomic mass is 10.1. The Bertz CT molecular complexity index is 1240. The highest BCUT2D eigenvalue weighted by Crippen LogP contribution is 2.27. The van der Waals surface area contributed by atoms with Crippen LogP contribution in [0.5, 0.6) is 23.0 Å². The van der Waals surface area contributed by atoms with Gasteiger partial charge in [0.2, 0.25) is 0 Å². The molecule has 2 amide bonds. The SMILES string of the molecule is CN(CCCNC(=O)/C(C#N)=C/c1ccc(O)c(O)c1)C(=O)/C(C#N)=C/c1ccc(O)c(O)c1. The largest absolute Gasteiger partial charge is 0.504 e. The molecular weight excluding hydrogens is 440 g/mol. The number of nitrogens with zero attached hydrogens (tertiary/aromatic N) is 3. The molecular formula is C24H22N4O6. The Morgan fingerprint density at radius 3 is 1.85 bits per heavy atom. The Kier molecular flexibility index (Phi) is 8.63. The third-order valence-electron chi connectivity index (χ3n) is 4.64. The van der Waals surface area contributed by atoms with Crippen LogP contribution in [-0.4, -0.2) is 57.3 Å². The molecule has 0 spiro atoms. The van der Waals surface area contributed by atoms with Crippen molar-refractivity contribution in [2.45, 2.75) is 6.42 Å². The van der Waals surface area contributed by atoms with Crippen molar-refractivity contribution in [1.29, 1.82) is 10.5 Å². The minimum atomic E-state index is -0.645. The molecule has 10 heteroatoms. The van der Waals surface area contributed by atoms with E-state index in [0.717, 1.165) is 0 Å². The highest BCUT2D eigenvalue weighted by molar-refractivity contribution is 6.02. The van der Waals surface area contributed by atoms with E-state index in [0.29, 0.717) is 17.5 Å². The first-order chi connectivity index (χ1) is 16.2. The Morgan fingerprint density at radius 1 is 0.882 bits per heavy atom. The number of likely N-dealkylation sites (N-methyl/N-ethyl adjacent to an activating group) is 1. The van der Waals surface area contributed by atoms with Crippen LogP contribution < -0.4 is 5.32 Å². The molecule has 0 unspecified atom stereocenters. The summed E-state index contributed by atoms with van der Waals surface area (Å²) in [6.07, 6.45) is 2.88. The molecule has 0 aliphatic rings. The quantitative estimate of drug-likeness (QED) is 0.171. The summed E-state index contributed by atoms with van der Waals surface area (Å²) in [5.41, 5.74) is 0.327. The van der Waals surface area contributed by atoms with Crippen molar-refractivity contribution in [1.82, 2.24) is 10.2 Å². The fourth-order valence-electron chi connectivity index (χ4n) is 2.80. The standard InChI is InChI=1S/C24H22N4O6/c1-28(24(34)18(14-26)10-16-4-6-20(30)22(32)12-16)8-2-7-27-23(33)17(13-25)9-15-3-5-19(29)21(31)11-15/h3-6,9-12,29-32H,2,7-8H2,1H3,(H,27,33)/b17-9+,18-10+. The predicted molar refractivity (Wildman–Crippen MR) is 122 cm³/mol. The van der Waals surface area contributed by atoms with Gasteiger partial charge in [-0.25, -0.2) is 0 Å². The van der Waals surface area contributed by atoms with E-state index in [4.69, 9.17) is 0 Å². The second-order valence-electron chi connectivity index (χ2n) is 7.17. The van der Waals surface area contributed by atoms with E-state index in [1.807, 2.05) is 0 Å². The molecule has 34 heavy (non-hydrogen) atoms. The van der Waals surface area contributed by atoms with Crippen LogP contribution >= 0.6 is 0 Å². The minimum Gasteiger partial charge on any atom is -0.504 e. The molecule has 0 heterocycles. The van der Waals surface area contributed by atoms with Crippen molar-refractivity contribution < 1.29 is 30.0 Å². The van der Waals surface area contributed by atoms with Crippen LogP contribution in [0.15, 0.2) is 47.5 Å². The lowest BCUT2D eigenvalue weighted by Crippen LogP contribution is -2.32. The topological polar surface area (TPSA) is 178 Å². The summed E-state index contributed by atoms with van der Waals surface area (Å²) in [6.45, 7) is 0.351. The van der Waals surface area contributed by atoms with Crippen LogP contribution in [0, 0.1) is 22.7 Å². The van der Waals surface area contributed by atoms with E-state index < -0.39 is 11.8 Å². The predicted octanol–water partition coefficient (Wildman–Crippen LogP) is 1.99. The molecule has 0 saturated carbocycles. The fraction of sp³-hybridized carbons (Fsp3) is 0.167. The molecule has 0 fully saturated rings. The molecule has 174 valence electrons. The molecule has 0 aliphatic heterocycles. The van der Waals surface area contributed by atoms with Crippen LogP contribution in [0.25, 0.3) is 12.2 Å². The zero-order valence-electron chi connectivity index (χ0n) is 18.2. The second kappa shape index (κ2) is 11.6. The van der Waals surface area contributed by atoms with Crippen molar-refractivity contribution in [3.8, 4) is 35.1 Å². The number of phenolic OH excluding ortho intramolecular Hbond substituents is 4. The third kappa shape index (κ3) is 6.77. The number of carbonyl (C=O) groups is 2. The van der Waals surface area contributed by atoms with Gasteiger partial charge in [0.25, 0.3) is 11.8 Å². The van der Waals surface area contributed by atoms with Crippen LogP contribution in [0.1, 0.15) is 17.5 Å². The van der Waals surface area contributed by atoms with Gasteiger partial charge in [-0.1, -0.05) is 12.1 Å². The van der Waals surface area contributed by atoms with E-state index in [9.17, 15) is 40.5 Å². The van der Waals surface area contributed by atoms with E-state index in [-0.39, 0.29) is 47.2 Å². The number of benzene rings is 2. The number of nitriles is 2. The van der Waals surface area contributed by atoms with Gasteiger partial charge in [0.1, 0.15) is 23.3 Å². The number of nitrogens with one attached hydrogen (secondary N) is 1. The van der Waals surface area contributed by atoms with Crippen molar-refractivity contribution in [2.75, 3.05) is 20.1 Å². The number of rotatable bonds is 8. The van der Waals surface area contributed by atoms with Gasteiger partial charge in [-0.15, -0.1) is 0 Å². The minimum absolute atomic E-state index is 0.147. The fourth-order valence-corrected chi connectivity index (χ4v) is 2.80. The number of carbonyl (C=O) groups excluding carboxylic acids is 2. The van der Waals surface area contributed by atoms with E-state index in [2.05, 4.69) is 5.32 Å². The second-order valence-corrected chi connectivity index (χ2v) is 7.17. The monoisotopic (exact) mass is 462 g/mol. The van der Waals surface area contributed by atoms with Crippen LogP contribution in [-0.2, 0) is 9.59 Å². The van der Waals surface area contributed by atoms with Crippen LogP contribution in [0.2, 0.25) is 0 Å². The molecule has 0 aromatic heterocycles. The molecule has 2 aromatic rings. The van der Waals surface area contributed by atoms with Crippen molar-refractivity contribution in [3.05, 3.63) is 58.7 Å². The van der Waals surface area contributed by atoms with Gasteiger partial charge in [-0.2, -0.15) is 10.5 Å². The summed E-state index contributed by atoms with van der Waals surface area (Å²) >= 11 is 0. The lowest BCUT2D eigenvalue weighted by Gasteiger charge is -2.16. The molecule has 2 rings (SSSR count). The van der Waals surface area contributed by atoms with Gasteiger partial charge < -0.3 is 30.6 Å². The van der Waals surface area contributed by atoms with Crippen molar-refractivity contribution >= 4 is 24.0 Å². The number of amides is 2. The number of aromatic hydroxyl groups is 4. The van der Waals surface area contributed by atoms with Gasteiger partial charge in [0.05, 0.1) is 0 Å². The summed E-state index contributed by atoms with van der Waals surface area (Å²) in [5.74, 6) is -2.62. The lowest BCUT2D eigenvalue weighted by molar-refractivity contribution is -0.125. The Labute approximate surface area is 195 Å². The molecule has 10 nitrogen and oxygen atoms in total. The van der Waals surface area contributed by atoms with E-state index >= 15 is 0 Å². The summed E-state index contributed by atoms with van der Waals surface area (Å²) in [7, 11) is 1.49. The maximum atomic E-state index is 12.5. The normalized spacial score (nSPS) is 11.3. The number of hydrogen-bond donors (Lipinski definition) is 5. The summed E-state index contributed by atoms with van der Waals surface area (Å²) < 4.78 is 0. The van der Waals surface area contributed by atoms with Crippen molar-refractivity contribution in [3.63, 3.8) is 0 Å². The molecule has 0 bridgehead atoms. The third-order valence-corrected chi connectivity index (χ3v) is 4.64. The first kappa shape index (κ1) is 25.3. The zero-order chi connectivity index (χ0) is 25.3. The first-order valence-electron chi connectivity index (χ1n) is 9.97. The van der Waals surface area contributed by atoms with Crippen molar-refractivity contribution in [2.24, 2.45) is 0 Å². The molecule has 0 saturated heterocycles. The molecule has 2 aromatic carbocycles. The van der Waals surface area contributed by atoms with Gasteiger partial charge in [-0.3, -0.25) is 9.59 Å². The summed E-state index contributed by atoms with van der Waals surface area (Å²) in [4.78, 5) is 26.0. The Balaban J connectivity index is 1.92. The van der Waals surface area contributed by atoms with E-state index in [1.54, 1.807) is 12.1 Å². The molecule has 0 aliphatic carbocycles. The number of phenols is 4. The number of hydrogen-bond acceptors (Lipinski definition) is 8. The Morgan fingerprint density at radius 2 is 1.38 bits per heavy atom. The first-order valence-corrected chi connectivity index (χ1v) is 9.97. The summed E-state index contributed by atoms with van der Waals surface area (Å²) in [6, 6.07) is 11.3. The average molecular weight is 462 g/mol. The van der Waals surface area contributed by atoms with Gasteiger partial charge in [0.15, 0.2) is 23.0 Å². The van der Waals surface area contributed by atoms with Gasteiger partial charge in [-0.05, 0) is 54.0 Å². The Hall–Kier alpha value is -4.96. The van der Waals surface area contributed by atoms with E-state index in [1.165, 1.54) is 60.5 Å². The molecule has 5 N–H and O–H groups in total. The molecule has 0 radical (unpaired) electrons. The highest BCUT2D eigenvalue weighted by atomic mass is 16.3. The summed E-state index contributed by atoms with van der Waals surface area (Å²) in [5, 5.41) is 58.9. The van der Waals surface area contributed by atoms with Crippen LogP contribution in [0.3, 0.4) is 0 Å².